The highest BCUT2D eigenvalue weighted by Gasteiger charge is 2.18. The van der Waals surface area contributed by atoms with Gasteiger partial charge >= 0.3 is 0 Å². The SMILES string of the molecule is CCC1=C(C)c2cc3cc(cc4[nH]c(cc5ccc(cc1n2)s5)c(CC)c4C)-c1ccccc1-3. The molecule has 0 spiro atoms. The molecule has 1 N–H and O–H groups in total. The van der Waals surface area contributed by atoms with E-state index in [0.717, 1.165) is 24.2 Å². The Bertz CT molecular complexity index is 1650. The zero-order valence-corrected chi connectivity index (χ0v) is 20.9. The Morgan fingerprint density at radius 3 is 2.15 bits per heavy atom. The van der Waals surface area contributed by atoms with Crippen molar-refractivity contribution in [3.8, 4) is 22.3 Å². The van der Waals surface area contributed by atoms with Gasteiger partial charge in [-0.1, -0.05) is 38.1 Å². The maximum Gasteiger partial charge on any atom is 0.0686 e. The largest absolute Gasteiger partial charge is 0.355 e. The van der Waals surface area contributed by atoms with Crippen LogP contribution in [0.15, 0.2) is 66.7 Å². The molecule has 4 aromatic rings. The van der Waals surface area contributed by atoms with Crippen molar-refractivity contribution >= 4 is 42.9 Å². The van der Waals surface area contributed by atoms with Crippen molar-refractivity contribution in [1.29, 1.82) is 0 Å². The van der Waals surface area contributed by atoms with Crippen LogP contribution in [0.5, 0.6) is 0 Å². The first-order valence-corrected chi connectivity index (χ1v) is 12.9. The molecule has 0 saturated heterocycles. The van der Waals surface area contributed by atoms with Crippen LogP contribution >= 0.6 is 11.3 Å². The summed E-state index contributed by atoms with van der Waals surface area (Å²) in [5.74, 6) is 0. The number of fused-ring (bicyclic) bond motifs is 11. The van der Waals surface area contributed by atoms with Gasteiger partial charge in [0.05, 0.1) is 11.4 Å². The lowest BCUT2D eigenvalue weighted by molar-refractivity contribution is 1.14. The summed E-state index contributed by atoms with van der Waals surface area (Å²) in [6, 6.07) is 24.6. The molecule has 0 radical (unpaired) electrons. The Hall–Kier alpha value is -3.43. The number of benzene rings is 1. The first-order valence-electron chi connectivity index (χ1n) is 12.1. The summed E-state index contributed by atoms with van der Waals surface area (Å²) >= 11 is 1.82. The number of thiophene rings is 1. The normalized spacial score (nSPS) is 12.8. The Morgan fingerprint density at radius 1 is 0.735 bits per heavy atom. The number of aryl methyl sites for hydroxylation is 2. The number of aromatic amines is 1. The van der Waals surface area contributed by atoms with Crippen LogP contribution in [-0.4, -0.2) is 9.97 Å². The van der Waals surface area contributed by atoms with Crippen LogP contribution in [0.1, 0.15) is 49.7 Å². The maximum absolute atomic E-state index is 5.11. The molecule has 0 fully saturated rings. The number of rotatable bonds is 2. The number of hydrogen-bond donors (Lipinski definition) is 1. The molecule has 2 nitrogen and oxygen atoms in total. The lowest BCUT2D eigenvalue weighted by Crippen LogP contribution is -1.79. The first-order chi connectivity index (χ1) is 16.6. The second kappa shape index (κ2) is 8.11. The molecule has 168 valence electrons. The second-order valence-corrected chi connectivity index (χ2v) is 10.3. The minimum Gasteiger partial charge on any atom is -0.355 e. The average molecular weight is 461 g/mol. The fraction of sp³-hybridized carbons (Fsp3) is 0.194. The number of nitrogens with one attached hydrogen (secondary N) is 1. The van der Waals surface area contributed by atoms with Crippen LogP contribution in [0, 0.1) is 6.92 Å². The molecule has 1 aliphatic carbocycles. The average Bonchev–Trinajstić information content (AvgIpc) is 3.56. The van der Waals surface area contributed by atoms with E-state index in [-0.39, 0.29) is 0 Å². The fourth-order valence-corrected chi connectivity index (χ4v) is 6.28. The molecule has 0 saturated carbocycles. The van der Waals surface area contributed by atoms with Gasteiger partial charge in [-0.05, 0) is 114 Å². The van der Waals surface area contributed by atoms with Crippen LogP contribution < -0.4 is 0 Å². The zero-order chi connectivity index (χ0) is 23.4. The summed E-state index contributed by atoms with van der Waals surface area (Å²) in [6.07, 6.45) is 1.99. The minimum atomic E-state index is 0.980. The summed E-state index contributed by atoms with van der Waals surface area (Å²) in [4.78, 5) is 8.84. The monoisotopic (exact) mass is 460 g/mol. The molecule has 34 heavy (non-hydrogen) atoms. The van der Waals surface area contributed by atoms with E-state index in [1.165, 1.54) is 65.0 Å². The van der Waals surface area contributed by atoms with Crippen LogP contribution in [0.2, 0.25) is 0 Å². The lowest BCUT2D eigenvalue weighted by Gasteiger charge is -2.01. The van der Waals surface area contributed by atoms with Gasteiger partial charge in [0.25, 0.3) is 0 Å². The predicted molar refractivity (Wildman–Crippen MR) is 148 cm³/mol. The van der Waals surface area contributed by atoms with Crippen molar-refractivity contribution < 1.29 is 0 Å². The smallest absolute Gasteiger partial charge is 0.0686 e. The summed E-state index contributed by atoms with van der Waals surface area (Å²) in [6.45, 7) is 8.92. The van der Waals surface area contributed by atoms with Crippen molar-refractivity contribution in [3.63, 3.8) is 0 Å². The van der Waals surface area contributed by atoms with Crippen molar-refractivity contribution in [3.05, 3.63) is 89.2 Å². The maximum atomic E-state index is 5.11. The third-order valence-corrected chi connectivity index (χ3v) is 8.19. The Labute approximate surface area is 204 Å². The van der Waals surface area contributed by atoms with E-state index in [1.807, 2.05) is 11.3 Å². The summed E-state index contributed by atoms with van der Waals surface area (Å²) in [5.41, 5.74) is 15.0. The molecule has 6 rings (SSSR count). The molecule has 2 aliphatic rings. The van der Waals surface area contributed by atoms with E-state index in [1.54, 1.807) is 0 Å². The van der Waals surface area contributed by atoms with E-state index in [2.05, 4.69) is 99.4 Å². The van der Waals surface area contributed by atoms with Gasteiger partial charge in [-0.15, -0.1) is 11.3 Å². The number of H-pyrrole nitrogens is 1. The van der Waals surface area contributed by atoms with Gasteiger partial charge in [0.1, 0.15) is 0 Å². The number of hydrogen-bond acceptors (Lipinski definition) is 2. The fourth-order valence-electron chi connectivity index (χ4n) is 5.39. The standard InChI is InChI=1S/C31H28N2S/c1-5-24-18(3)28-14-20-13-21(27-10-8-7-9-26(20)27)15-29-19(4)25(6-2)31(33-29)17-23-12-11-22(34-23)16-30(24)32-28/h7-17,32H,5-6H2,1-4H3. The topological polar surface area (TPSA) is 28.7 Å². The zero-order valence-electron chi connectivity index (χ0n) is 20.1. The van der Waals surface area contributed by atoms with Crippen molar-refractivity contribution in [2.45, 2.75) is 40.5 Å². The van der Waals surface area contributed by atoms with Gasteiger partial charge in [-0.25, -0.2) is 4.98 Å². The van der Waals surface area contributed by atoms with Gasteiger partial charge in [-0.3, -0.25) is 0 Å². The lowest BCUT2D eigenvalue weighted by atomic mass is 10.0. The van der Waals surface area contributed by atoms with Crippen molar-refractivity contribution in [1.82, 2.24) is 9.97 Å². The quantitative estimate of drug-likeness (QED) is 0.279. The highest BCUT2D eigenvalue weighted by Crippen LogP contribution is 2.41. The third-order valence-electron chi connectivity index (χ3n) is 7.21. The molecule has 0 amide bonds. The minimum absolute atomic E-state index is 0.980. The van der Waals surface area contributed by atoms with Gasteiger partial charge in [-0.2, -0.15) is 0 Å². The summed E-state index contributed by atoms with van der Waals surface area (Å²) in [5, 5.41) is 0. The predicted octanol–water partition coefficient (Wildman–Crippen LogP) is 9.20. The number of nitrogens with zero attached hydrogens (tertiary/aromatic N) is 1. The van der Waals surface area contributed by atoms with E-state index in [0.29, 0.717) is 0 Å². The molecule has 1 aliphatic heterocycles. The molecule has 0 atom stereocenters. The molecule has 3 heteroatoms. The highest BCUT2D eigenvalue weighted by molar-refractivity contribution is 7.23. The van der Waals surface area contributed by atoms with Crippen LogP contribution in [0.25, 0.3) is 53.8 Å². The molecule has 0 unspecified atom stereocenters. The third kappa shape index (κ3) is 3.35. The second-order valence-electron chi connectivity index (χ2n) is 9.17. The van der Waals surface area contributed by atoms with Gasteiger partial charge in [0, 0.05) is 20.4 Å². The number of aromatic nitrogens is 2. The van der Waals surface area contributed by atoms with Gasteiger partial charge in [0.15, 0.2) is 0 Å². The van der Waals surface area contributed by atoms with Crippen molar-refractivity contribution in [2.24, 2.45) is 0 Å². The van der Waals surface area contributed by atoms with Crippen LogP contribution in [0.3, 0.4) is 0 Å². The Morgan fingerprint density at radius 2 is 1.44 bits per heavy atom. The molecule has 4 heterocycles. The summed E-state index contributed by atoms with van der Waals surface area (Å²) in [7, 11) is 0. The molecular weight excluding hydrogens is 432 g/mol. The van der Waals surface area contributed by atoms with Gasteiger partial charge < -0.3 is 4.98 Å². The van der Waals surface area contributed by atoms with Crippen LogP contribution in [0.4, 0.5) is 0 Å². The first kappa shape index (κ1) is 21.1. The van der Waals surface area contributed by atoms with E-state index >= 15 is 0 Å². The Balaban J connectivity index is 1.78. The van der Waals surface area contributed by atoms with Crippen LogP contribution in [-0.2, 0) is 6.42 Å². The van der Waals surface area contributed by atoms with E-state index in [9.17, 15) is 0 Å². The summed E-state index contributed by atoms with van der Waals surface area (Å²) < 4.78 is 2.50. The van der Waals surface area contributed by atoms with E-state index < -0.39 is 0 Å². The van der Waals surface area contributed by atoms with Crippen molar-refractivity contribution in [2.75, 3.05) is 0 Å². The number of allylic oxidation sites excluding steroid dienone is 2. The molecule has 8 bridgehead atoms. The highest BCUT2D eigenvalue weighted by atomic mass is 32.1. The molecular formula is C31H28N2S. The van der Waals surface area contributed by atoms with E-state index in [4.69, 9.17) is 4.98 Å². The Kier molecular flexibility index (Phi) is 5.04. The molecule has 3 aromatic heterocycles. The van der Waals surface area contributed by atoms with Gasteiger partial charge in [0.2, 0.25) is 0 Å². The molecule has 1 aromatic carbocycles.